The Balaban J connectivity index is 2.10. The molecule has 0 unspecified atom stereocenters. The number of fused-ring (bicyclic) bond motifs is 3. The zero-order valence-electron chi connectivity index (χ0n) is 15.6. The molecule has 2 aromatic carbocycles. The predicted octanol–water partition coefficient (Wildman–Crippen LogP) is 2.32. The van der Waals surface area contributed by atoms with Crippen molar-refractivity contribution >= 4 is 29.2 Å². The van der Waals surface area contributed by atoms with Crippen LogP contribution in [0.2, 0.25) is 0 Å². The number of carbonyl (C=O) groups excluding carboxylic acids is 3. The van der Waals surface area contributed by atoms with Crippen molar-refractivity contribution in [3.8, 4) is 0 Å². The first-order valence-corrected chi connectivity index (χ1v) is 9.17. The molecule has 7 nitrogen and oxygen atoms in total. The summed E-state index contributed by atoms with van der Waals surface area (Å²) in [5.74, 6) is -2.15. The van der Waals surface area contributed by atoms with Crippen molar-refractivity contribution in [3.63, 3.8) is 0 Å². The molecule has 4 rings (SSSR count). The molecule has 2 aliphatic heterocycles. The highest BCUT2D eigenvalue weighted by Crippen LogP contribution is 2.58. The van der Waals surface area contributed by atoms with Gasteiger partial charge in [0.15, 0.2) is 5.54 Å². The SMILES string of the molecule is CCOC(=O)C1(C(=O)OCC)c2ccccc2N[C@@]12C(=O)Nc1ccccc12. The van der Waals surface area contributed by atoms with Gasteiger partial charge in [0, 0.05) is 22.5 Å². The summed E-state index contributed by atoms with van der Waals surface area (Å²) in [6.07, 6.45) is 0. The molecule has 7 heteroatoms. The Morgan fingerprint density at radius 2 is 1.39 bits per heavy atom. The van der Waals surface area contributed by atoms with E-state index in [0.717, 1.165) is 0 Å². The van der Waals surface area contributed by atoms with Crippen molar-refractivity contribution in [2.24, 2.45) is 0 Å². The van der Waals surface area contributed by atoms with E-state index in [9.17, 15) is 14.4 Å². The van der Waals surface area contributed by atoms with Crippen molar-refractivity contribution in [1.29, 1.82) is 0 Å². The van der Waals surface area contributed by atoms with Gasteiger partial charge in [0.2, 0.25) is 5.41 Å². The average Bonchev–Trinajstić information content (AvgIpc) is 3.16. The van der Waals surface area contributed by atoms with Crippen LogP contribution in [0.3, 0.4) is 0 Å². The number of hydrogen-bond acceptors (Lipinski definition) is 6. The second-order valence-corrected chi connectivity index (χ2v) is 6.61. The lowest BCUT2D eigenvalue weighted by molar-refractivity contribution is -0.169. The molecule has 2 aromatic rings. The third-order valence-corrected chi connectivity index (χ3v) is 5.30. The van der Waals surface area contributed by atoms with E-state index in [2.05, 4.69) is 10.6 Å². The fourth-order valence-corrected chi connectivity index (χ4v) is 4.26. The molecule has 0 aliphatic carbocycles. The van der Waals surface area contributed by atoms with Crippen LogP contribution < -0.4 is 10.6 Å². The number of carbonyl (C=O) groups is 3. The molecule has 0 fully saturated rings. The summed E-state index contributed by atoms with van der Waals surface area (Å²) in [6.45, 7) is 3.42. The van der Waals surface area contributed by atoms with Crippen LogP contribution in [0, 0.1) is 0 Å². The van der Waals surface area contributed by atoms with Gasteiger partial charge in [-0.3, -0.25) is 14.4 Å². The molecular weight excluding hydrogens is 360 g/mol. The monoisotopic (exact) mass is 380 g/mol. The molecule has 0 radical (unpaired) electrons. The van der Waals surface area contributed by atoms with Crippen LogP contribution in [-0.2, 0) is 34.8 Å². The summed E-state index contributed by atoms with van der Waals surface area (Å²) in [4.78, 5) is 40.2. The van der Waals surface area contributed by atoms with E-state index in [1.54, 1.807) is 62.4 Å². The van der Waals surface area contributed by atoms with Crippen molar-refractivity contribution in [2.75, 3.05) is 23.8 Å². The molecule has 144 valence electrons. The van der Waals surface area contributed by atoms with Gasteiger partial charge in [-0.25, -0.2) is 0 Å². The number of esters is 2. The molecule has 0 aromatic heterocycles. The Bertz CT molecular complexity index is 968. The molecule has 0 bridgehead atoms. The lowest BCUT2D eigenvalue weighted by atomic mass is 9.64. The number of ether oxygens (including phenoxy) is 2. The van der Waals surface area contributed by atoms with Gasteiger partial charge in [-0.1, -0.05) is 36.4 Å². The second kappa shape index (κ2) is 6.37. The van der Waals surface area contributed by atoms with E-state index in [1.807, 2.05) is 0 Å². The molecule has 2 aliphatic rings. The van der Waals surface area contributed by atoms with E-state index < -0.39 is 28.8 Å². The summed E-state index contributed by atoms with van der Waals surface area (Å²) < 4.78 is 10.7. The van der Waals surface area contributed by atoms with Crippen molar-refractivity contribution in [2.45, 2.75) is 24.8 Å². The Labute approximate surface area is 162 Å². The van der Waals surface area contributed by atoms with Crippen LogP contribution in [0.15, 0.2) is 48.5 Å². The van der Waals surface area contributed by atoms with Crippen LogP contribution >= 0.6 is 0 Å². The summed E-state index contributed by atoms with van der Waals surface area (Å²) in [7, 11) is 0. The summed E-state index contributed by atoms with van der Waals surface area (Å²) in [5.41, 5.74) is -1.81. The zero-order valence-corrected chi connectivity index (χ0v) is 15.6. The second-order valence-electron chi connectivity index (χ2n) is 6.61. The van der Waals surface area contributed by atoms with E-state index in [1.165, 1.54) is 0 Å². The average molecular weight is 380 g/mol. The topological polar surface area (TPSA) is 93.7 Å². The minimum Gasteiger partial charge on any atom is -0.465 e. The Hall–Kier alpha value is -3.35. The van der Waals surface area contributed by atoms with Gasteiger partial charge in [0.25, 0.3) is 5.91 Å². The number of benzene rings is 2. The van der Waals surface area contributed by atoms with E-state index >= 15 is 0 Å². The number of amides is 1. The van der Waals surface area contributed by atoms with Crippen LogP contribution in [0.5, 0.6) is 0 Å². The Kier molecular flexibility index (Phi) is 4.10. The largest absolute Gasteiger partial charge is 0.465 e. The quantitative estimate of drug-likeness (QED) is 0.625. The van der Waals surface area contributed by atoms with Crippen LogP contribution in [0.1, 0.15) is 25.0 Å². The standard InChI is InChI=1S/C21H20N2O5/c1-3-27-18(25)20(19(26)28-4-2)13-9-5-8-12-16(13)23-21(20)14-10-6-7-11-15(14)22-17(21)24/h5-12,23H,3-4H2,1-2H3,(H,22,24)/t21-/m0/s1. The minimum atomic E-state index is -2.01. The van der Waals surface area contributed by atoms with Gasteiger partial charge in [-0.2, -0.15) is 0 Å². The summed E-state index contributed by atoms with van der Waals surface area (Å²) in [5, 5.41) is 5.97. The smallest absolute Gasteiger partial charge is 0.331 e. The normalized spacial score (nSPS) is 20.7. The first-order valence-electron chi connectivity index (χ1n) is 9.17. The van der Waals surface area contributed by atoms with Crippen molar-refractivity contribution in [3.05, 3.63) is 59.7 Å². The molecule has 28 heavy (non-hydrogen) atoms. The number of anilines is 2. The maximum atomic E-state index is 13.4. The molecule has 0 saturated carbocycles. The highest BCUT2D eigenvalue weighted by Gasteiger charge is 2.75. The predicted molar refractivity (Wildman–Crippen MR) is 102 cm³/mol. The molecule has 1 spiro atoms. The maximum absolute atomic E-state index is 13.4. The Morgan fingerprint density at radius 3 is 2.00 bits per heavy atom. The molecule has 0 saturated heterocycles. The lowest BCUT2D eigenvalue weighted by Crippen LogP contribution is -2.63. The summed E-state index contributed by atoms with van der Waals surface area (Å²) in [6, 6.07) is 13.8. The number of hydrogen-bond donors (Lipinski definition) is 2. The van der Waals surface area contributed by atoms with Crippen LogP contribution in [0.4, 0.5) is 11.4 Å². The third-order valence-electron chi connectivity index (χ3n) is 5.30. The van der Waals surface area contributed by atoms with Gasteiger partial charge in [0.05, 0.1) is 13.2 Å². The molecule has 1 amide bonds. The van der Waals surface area contributed by atoms with Crippen LogP contribution in [-0.4, -0.2) is 31.1 Å². The van der Waals surface area contributed by atoms with Gasteiger partial charge in [-0.05, 0) is 26.0 Å². The number of para-hydroxylation sites is 2. The molecule has 2 heterocycles. The highest BCUT2D eigenvalue weighted by molar-refractivity contribution is 6.23. The minimum absolute atomic E-state index is 0.0570. The van der Waals surface area contributed by atoms with Crippen molar-refractivity contribution < 1.29 is 23.9 Å². The van der Waals surface area contributed by atoms with E-state index in [-0.39, 0.29) is 13.2 Å². The summed E-state index contributed by atoms with van der Waals surface area (Å²) >= 11 is 0. The lowest BCUT2D eigenvalue weighted by Gasteiger charge is -2.37. The molecule has 1 atom stereocenters. The van der Waals surface area contributed by atoms with Gasteiger partial charge in [0.1, 0.15) is 0 Å². The van der Waals surface area contributed by atoms with E-state index in [4.69, 9.17) is 9.47 Å². The van der Waals surface area contributed by atoms with Gasteiger partial charge < -0.3 is 20.1 Å². The van der Waals surface area contributed by atoms with Gasteiger partial charge >= 0.3 is 11.9 Å². The fourth-order valence-electron chi connectivity index (χ4n) is 4.26. The number of rotatable bonds is 4. The molecular formula is C21H20N2O5. The Morgan fingerprint density at radius 1 is 0.857 bits per heavy atom. The third kappa shape index (κ3) is 2.01. The maximum Gasteiger partial charge on any atom is 0.331 e. The van der Waals surface area contributed by atoms with Crippen molar-refractivity contribution in [1.82, 2.24) is 0 Å². The van der Waals surface area contributed by atoms with Gasteiger partial charge in [-0.15, -0.1) is 0 Å². The first kappa shape index (κ1) is 18.0. The zero-order chi connectivity index (χ0) is 19.9. The van der Waals surface area contributed by atoms with Crippen LogP contribution in [0.25, 0.3) is 0 Å². The number of nitrogens with one attached hydrogen (secondary N) is 2. The highest BCUT2D eigenvalue weighted by atomic mass is 16.6. The first-order chi connectivity index (χ1) is 13.5. The van der Waals surface area contributed by atoms with E-state index in [0.29, 0.717) is 22.5 Å². The fraction of sp³-hybridized carbons (Fsp3) is 0.286. The molecule has 2 N–H and O–H groups in total.